The number of nitrogens with one attached hydrogen (secondary N) is 1. The second kappa shape index (κ2) is 12.1. The highest BCUT2D eigenvalue weighted by atomic mass is 35.5. The molecule has 6 nitrogen and oxygen atoms in total. The standard InChI is InChI=1S/C25H32Cl2N2O4/c1-17(24(31)28-25(2,3)4)29(16-20-21(26)8-6-9-22(20)27)23(30)10-7-15-33-19-13-11-18(32-5)12-14-19/h6,8-9,11-14,17H,7,10,15-16H2,1-5H3,(H,28,31)/t17-/m0/s1. The van der Waals surface area contributed by atoms with Crippen molar-refractivity contribution in [1.29, 1.82) is 0 Å². The molecule has 0 aliphatic rings. The van der Waals surface area contributed by atoms with Crippen LogP contribution in [0.3, 0.4) is 0 Å². The number of rotatable bonds is 10. The molecule has 0 aliphatic carbocycles. The average molecular weight is 495 g/mol. The molecule has 0 saturated heterocycles. The Balaban J connectivity index is 2.07. The summed E-state index contributed by atoms with van der Waals surface area (Å²) < 4.78 is 10.9. The van der Waals surface area contributed by atoms with Crippen LogP contribution in [0.4, 0.5) is 0 Å². The highest BCUT2D eigenvalue weighted by Gasteiger charge is 2.29. The number of ether oxygens (including phenoxy) is 2. The molecule has 0 aliphatic heterocycles. The van der Waals surface area contributed by atoms with E-state index in [1.54, 1.807) is 32.2 Å². The first kappa shape index (κ1) is 26.8. The molecule has 2 aromatic carbocycles. The fraction of sp³-hybridized carbons (Fsp3) is 0.440. The summed E-state index contributed by atoms with van der Waals surface area (Å²) in [6, 6.07) is 11.7. The van der Waals surface area contributed by atoms with E-state index >= 15 is 0 Å². The van der Waals surface area contributed by atoms with E-state index in [4.69, 9.17) is 32.7 Å². The molecule has 0 saturated carbocycles. The van der Waals surface area contributed by atoms with Gasteiger partial charge in [0.1, 0.15) is 17.5 Å². The Morgan fingerprint density at radius 2 is 1.61 bits per heavy atom. The fourth-order valence-corrected chi connectivity index (χ4v) is 3.66. The third-order valence-electron chi connectivity index (χ3n) is 4.92. The molecule has 33 heavy (non-hydrogen) atoms. The third-order valence-corrected chi connectivity index (χ3v) is 5.63. The molecule has 0 aromatic heterocycles. The first-order valence-electron chi connectivity index (χ1n) is 10.8. The van der Waals surface area contributed by atoms with Crippen LogP contribution in [-0.4, -0.2) is 42.0 Å². The maximum Gasteiger partial charge on any atom is 0.242 e. The summed E-state index contributed by atoms with van der Waals surface area (Å²) in [5, 5.41) is 3.83. The molecule has 2 aromatic rings. The number of halogens is 2. The molecule has 2 rings (SSSR count). The zero-order chi connectivity index (χ0) is 24.6. The molecular weight excluding hydrogens is 463 g/mol. The van der Waals surface area contributed by atoms with Crippen LogP contribution in [-0.2, 0) is 16.1 Å². The fourth-order valence-electron chi connectivity index (χ4n) is 3.14. The highest BCUT2D eigenvalue weighted by Crippen LogP contribution is 2.27. The van der Waals surface area contributed by atoms with Crippen LogP contribution in [0.25, 0.3) is 0 Å². The normalized spacial score (nSPS) is 12.1. The van der Waals surface area contributed by atoms with Crippen LogP contribution in [0, 0.1) is 0 Å². The molecule has 0 fully saturated rings. The molecule has 0 spiro atoms. The van der Waals surface area contributed by atoms with Crippen LogP contribution < -0.4 is 14.8 Å². The minimum atomic E-state index is -0.702. The number of methoxy groups -OCH3 is 1. The molecule has 2 amide bonds. The second-order valence-corrected chi connectivity index (χ2v) is 9.58. The Hall–Kier alpha value is -2.44. The van der Waals surface area contributed by atoms with Crippen molar-refractivity contribution in [2.45, 2.75) is 58.7 Å². The van der Waals surface area contributed by atoms with E-state index in [0.29, 0.717) is 34.4 Å². The molecule has 1 N–H and O–H groups in total. The van der Waals surface area contributed by atoms with Gasteiger partial charge in [-0.3, -0.25) is 9.59 Å². The molecule has 1 atom stereocenters. The lowest BCUT2D eigenvalue weighted by molar-refractivity contribution is -0.141. The smallest absolute Gasteiger partial charge is 0.242 e. The van der Waals surface area contributed by atoms with E-state index in [1.807, 2.05) is 45.0 Å². The van der Waals surface area contributed by atoms with Crippen LogP contribution in [0.15, 0.2) is 42.5 Å². The van der Waals surface area contributed by atoms with Crippen molar-refractivity contribution in [1.82, 2.24) is 10.2 Å². The minimum absolute atomic E-state index is 0.134. The maximum absolute atomic E-state index is 13.2. The number of carbonyl (C=O) groups excluding carboxylic acids is 2. The maximum atomic E-state index is 13.2. The number of amides is 2. The lowest BCUT2D eigenvalue weighted by atomic mass is 10.1. The predicted molar refractivity (Wildman–Crippen MR) is 132 cm³/mol. The Labute approximate surface area is 206 Å². The molecule has 0 unspecified atom stereocenters. The molecule has 0 bridgehead atoms. The number of hydrogen-bond acceptors (Lipinski definition) is 4. The summed E-state index contributed by atoms with van der Waals surface area (Å²) in [5.41, 5.74) is 0.188. The van der Waals surface area contributed by atoms with E-state index < -0.39 is 11.6 Å². The van der Waals surface area contributed by atoms with Crippen molar-refractivity contribution < 1.29 is 19.1 Å². The Bertz CT molecular complexity index is 922. The van der Waals surface area contributed by atoms with Gasteiger partial charge in [-0.15, -0.1) is 0 Å². The van der Waals surface area contributed by atoms with Crippen molar-refractivity contribution in [3.8, 4) is 11.5 Å². The van der Waals surface area contributed by atoms with Gasteiger partial charge in [-0.2, -0.15) is 0 Å². The Kier molecular flexibility index (Phi) is 9.87. The van der Waals surface area contributed by atoms with E-state index in [-0.39, 0.29) is 24.8 Å². The van der Waals surface area contributed by atoms with Crippen molar-refractivity contribution in [3.63, 3.8) is 0 Å². The zero-order valence-electron chi connectivity index (χ0n) is 19.8. The lowest BCUT2D eigenvalue weighted by Crippen LogP contribution is -2.52. The molecule has 0 radical (unpaired) electrons. The van der Waals surface area contributed by atoms with Gasteiger partial charge in [-0.1, -0.05) is 29.3 Å². The van der Waals surface area contributed by atoms with Gasteiger partial charge in [0.2, 0.25) is 11.8 Å². The largest absolute Gasteiger partial charge is 0.497 e. The van der Waals surface area contributed by atoms with Crippen molar-refractivity contribution in [3.05, 3.63) is 58.1 Å². The first-order valence-corrected chi connectivity index (χ1v) is 11.6. The number of carbonyl (C=O) groups is 2. The third kappa shape index (κ3) is 8.45. The Morgan fingerprint density at radius 3 is 2.15 bits per heavy atom. The van der Waals surface area contributed by atoms with E-state index in [0.717, 1.165) is 5.75 Å². The quantitative estimate of drug-likeness (QED) is 0.443. The topological polar surface area (TPSA) is 67.9 Å². The Morgan fingerprint density at radius 1 is 1.03 bits per heavy atom. The van der Waals surface area contributed by atoms with Gasteiger partial charge in [0.05, 0.1) is 13.7 Å². The number of nitrogens with zero attached hydrogens (tertiary/aromatic N) is 1. The molecule has 180 valence electrons. The first-order chi connectivity index (χ1) is 15.5. The van der Waals surface area contributed by atoms with Crippen molar-refractivity contribution in [2.75, 3.05) is 13.7 Å². The van der Waals surface area contributed by atoms with Crippen LogP contribution in [0.5, 0.6) is 11.5 Å². The molecule has 0 heterocycles. The van der Waals surface area contributed by atoms with Gasteiger partial charge >= 0.3 is 0 Å². The van der Waals surface area contributed by atoms with Gasteiger partial charge < -0.3 is 19.7 Å². The van der Waals surface area contributed by atoms with E-state index in [1.165, 1.54) is 4.90 Å². The number of benzene rings is 2. The van der Waals surface area contributed by atoms with Gasteiger partial charge in [-0.05, 0) is 70.5 Å². The summed E-state index contributed by atoms with van der Waals surface area (Å²) in [5.74, 6) is 1.02. The van der Waals surface area contributed by atoms with E-state index in [9.17, 15) is 9.59 Å². The lowest BCUT2D eigenvalue weighted by Gasteiger charge is -2.32. The monoisotopic (exact) mass is 494 g/mol. The molecule has 8 heteroatoms. The van der Waals surface area contributed by atoms with Gasteiger partial charge in [0.25, 0.3) is 0 Å². The van der Waals surface area contributed by atoms with Gasteiger partial charge in [-0.25, -0.2) is 0 Å². The minimum Gasteiger partial charge on any atom is -0.497 e. The van der Waals surface area contributed by atoms with E-state index in [2.05, 4.69) is 5.32 Å². The average Bonchev–Trinajstić information content (AvgIpc) is 2.75. The highest BCUT2D eigenvalue weighted by molar-refractivity contribution is 6.36. The second-order valence-electron chi connectivity index (χ2n) is 8.76. The van der Waals surface area contributed by atoms with Gasteiger partial charge in [0.15, 0.2) is 0 Å². The van der Waals surface area contributed by atoms with Crippen LogP contribution in [0.1, 0.15) is 46.1 Å². The van der Waals surface area contributed by atoms with Crippen LogP contribution in [0.2, 0.25) is 10.0 Å². The predicted octanol–water partition coefficient (Wildman–Crippen LogP) is 5.49. The van der Waals surface area contributed by atoms with Crippen molar-refractivity contribution in [2.24, 2.45) is 0 Å². The SMILES string of the molecule is COc1ccc(OCCCC(=O)N(Cc2c(Cl)cccc2Cl)[C@@H](C)C(=O)NC(C)(C)C)cc1. The summed E-state index contributed by atoms with van der Waals surface area (Å²) in [7, 11) is 1.60. The summed E-state index contributed by atoms with van der Waals surface area (Å²) >= 11 is 12.7. The molecular formula is C25H32Cl2N2O4. The zero-order valence-corrected chi connectivity index (χ0v) is 21.3. The van der Waals surface area contributed by atoms with Crippen LogP contribution >= 0.6 is 23.2 Å². The number of hydrogen-bond donors (Lipinski definition) is 1. The summed E-state index contributed by atoms with van der Waals surface area (Å²) in [4.78, 5) is 27.5. The van der Waals surface area contributed by atoms with Gasteiger partial charge in [0, 0.05) is 34.1 Å². The summed E-state index contributed by atoms with van der Waals surface area (Å²) in [6.07, 6.45) is 0.705. The van der Waals surface area contributed by atoms with Crippen molar-refractivity contribution >= 4 is 35.0 Å². The summed E-state index contributed by atoms with van der Waals surface area (Å²) in [6.45, 7) is 7.88.